The van der Waals surface area contributed by atoms with Crippen LogP contribution in [0.2, 0.25) is 0 Å². The molecule has 0 radical (unpaired) electrons. The van der Waals surface area contributed by atoms with Crippen LogP contribution in [-0.2, 0) is 12.1 Å². The lowest BCUT2D eigenvalue weighted by atomic mass is 9.85. The van der Waals surface area contributed by atoms with Gasteiger partial charge in [0.25, 0.3) is 0 Å². The van der Waals surface area contributed by atoms with Crippen molar-refractivity contribution in [2.24, 2.45) is 9.98 Å². The van der Waals surface area contributed by atoms with Gasteiger partial charge in [-0.05, 0) is 35.4 Å². The molecule has 3 N–H and O–H groups in total. The van der Waals surface area contributed by atoms with E-state index in [-0.39, 0.29) is 6.03 Å². The molecule has 162 valence electrons. The lowest BCUT2D eigenvalue weighted by Gasteiger charge is -2.29. The molecule has 2 aliphatic rings. The minimum Gasteiger partial charge on any atom is -0.388 e. The molecule has 9 nitrogen and oxygen atoms in total. The highest BCUT2D eigenvalue weighted by atomic mass is 16.2. The third-order valence-electron chi connectivity index (χ3n) is 5.87. The van der Waals surface area contributed by atoms with Crippen molar-refractivity contribution in [1.82, 2.24) is 20.2 Å². The normalized spacial score (nSPS) is 19.0. The van der Waals surface area contributed by atoms with Crippen LogP contribution in [0.5, 0.6) is 0 Å². The maximum atomic E-state index is 13.3. The summed E-state index contributed by atoms with van der Waals surface area (Å²) in [4.78, 5) is 33.6. The lowest BCUT2D eigenvalue weighted by Crippen LogP contribution is -2.45. The molecule has 9 heteroatoms. The van der Waals surface area contributed by atoms with Gasteiger partial charge in [0, 0.05) is 32.5 Å². The number of amidine groups is 1. The number of fused-ring (bicyclic) bond motifs is 3. The summed E-state index contributed by atoms with van der Waals surface area (Å²) >= 11 is 0. The number of aromatic amines is 1. The first kappa shape index (κ1) is 19.8. The van der Waals surface area contributed by atoms with Crippen molar-refractivity contribution < 1.29 is 4.79 Å². The monoisotopic (exact) mass is 428 g/mol. The van der Waals surface area contributed by atoms with Crippen LogP contribution in [0.4, 0.5) is 22.0 Å². The lowest BCUT2D eigenvalue weighted by molar-refractivity contribution is 0.225. The largest absolute Gasteiger partial charge is 0.388 e. The summed E-state index contributed by atoms with van der Waals surface area (Å²) < 4.78 is 0. The van der Waals surface area contributed by atoms with Crippen LogP contribution in [0.25, 0.3) is 0 Å². The summed E-state index contributed by atoms with van der Waals surface area (Å²) in [6, 6.07) is 15.8. The van der Waals surface area contributed by atoms with E-state index in [0.717, 1.165) is 22.5 Å². The molecule has 2 amide bonds. The molecule has 1 aromatic heterocycles. The smallest absolute Gasteiger partial charge is 0.324 e. The zero-order chi connectivity index (χ0) is 22.3. The van der Waals surface area contributed by atoms with E-state index in [1.54, 1.807) is 11.2 Å². The number of hydrogen-bond donors (Lipinski definition) is 3. The molecule has 2 aliphatic heterocycles. The van der Waals surface area contributed by atoms with Gasteiger partial charge >= 0.3 is 6.03 Å². The van der Waals surface area contributed by atoms with Gasteiger partial charge in [-0.2, -0.15) is 0 Å². The van der Waals surface area contributed by atoms with E-state index < -0.39 is 5.54 Å². The third-order valence-corrected chi connectivity index (χ3v) is 5.87. The molecule has 1 unspecified atom stereocenters. The molecule has 0 saturated carbocycles. The zero-order valence-corrected chi connectivity index (χ0v) is 18.1. The van der Waals surface area contributed by atoms with Gasteiger partial charge in [-0.3, -0.25) is 4.90 Å². The number of carbonyl (C=O) groups is 1. The summed E-state index contributed by atoms with van der Waals surface area (Å²) in [6.07, 6.45) is 3.06. The fourth-order valence-corrected chi connectivity index (χ4v) is 4.17. The van der Waals surface area contributed by atoms with E-state index >= 15 is 0 Å². The molecular formula is C23H24N8O. The highest BCUT2D eigenvalue weighted by molar-refractivity contribution is 6.15. The molecule has 0 bridgehead atoms. The number of aromatic nitrogens is 2. The number of carbonyl (C=O) groups excluding carboxylic acids is 1. The molecule has 0 spiro atoms. The van der Waals surface area contributed by atoms with Gasteiger partial charge < -0.3 is 20.5 Å². The second-order valence-electron chi connectivity index (χ2n) is 7.95. The summed E-state index contributed by atoms with van der Waals surface area (Å²) in [5, 5.41) is 6.29. The number of hydrogen-bond acceptors (Lipinski definition) is 6. The van der Waals surface area contributed by atoms with Crippen LogP contribution < -0.4 is 15.5 Å². The number of urea groups is 1. The van der Waals surface area contributed by atoms with E-state index in [4.69, 9.17) is 0 Å². The Morgan fingerprint density at radius 2 is 1.84 bits per heavy atom. The predicted molar refractivity (Wildman–Crippen MR) is 126 cm³/mol. The van der Waals surface area contributed by atoms with Crippen LogP contribution in [-0.4, -0.2) is 54.2 Å². The zero-order valence-electron chi connectivity index (χ0n) is 18.1. The first-order valence-electron chi connectivity index (χ1n) is 10.3. The number of H-pyrrole nitrogens is 1. The fourth-order valence-electron chi connectivity index (χ4n) is 4.17. The van der Waals surface area contributed by atoms with Crippen molar-refractivity contribution in [3.8, 4) is 0 Å². The Hall–Kier alpha value is -4.14. The van der Waals surface area contributed by atoms with Crippen LogP contribution >= 0.6 is 0 Å². The molecule has 0 aliphatic carbocycles. The van der Waals surface area contributed by atoms with E-state index in [2.05, 4.69) is 30.6 Å². The minimum absolute atomic E-state index is 0.234. The maximum Gasteiger partial charge on any atom is 0.324 e. The standard InChI is InChI=1S/C23H24N8O/c1-24-17-8-4-15(5-9-17)12-31-21-23(29-22(31)32,16-6-10-18(11-7-16)30(2)3)19-20(26-13-25-19)27-14-28-21/h4-11,13-14,24H,12H2,1-3H3,(H,25,26)(H,29,32). The van der Waals surface area contributed by atoms with Crippen molar-refractivity contribution in [3.05, 3.63) is 71.7 Å². The highest BCUT2D eigenvalue weighted by Gasteiger charge is 2.54. The van der Waals surface area contributed by atoms with Crippen LogP contribution in [0, 0.1) is 0 Å². The average molecular weight is 429 g/mol. The Balaban J connectivity index is 1.61. The van der Waals surface area contributed by atoms with E-state index in [9.17, 15) is 4.79 Å². The van der Waals surface area contributed by atoms with Gasteiger partial charge in [0.15, 0.2) is 17.2 Å². The topological polar surface area (TPSA) is 101 Å². The van der Waals surface area contributed by atoms with Gasteiger partial charge in [0.05, 0.1) is 12.9 Å². The van der Waals surface area contributed by atoms with Gasteiger partial charge in [-0.25, -0.2) is 19.8 Å². The molecule has 5 rings (SSSR count). The number of rotatable bonds is 5. The number of amides is 2. The van der Waals surface area contributed by atoms with Gasteiger partial charge in [0.1, 0.15) is 12.0 Å². The number of imidazole rings is 1. The second kappa shape index (κ2) is 7.52. The molecule has 1 atom stereocenters. The molecule has 3 aromatic rings. The summed E-state index contributed by atoms with van der Waals surface area (Å²) in [5.41, 5.74) is 3.49. The summed E-state index contributed by atoms with van der Waals surface area (Å²) in [7, 11) is 5.85. The van der Waals surface area contributed by atoms with Gasteiger partial charge in [0.2, 0.25) is 0 Å². The Bertz CT molecular complexity index is 1210. The quantitative estimate of drug-likeness (QED) is 0.581. The molecule has 1 saturated heterocycles. The Morgan fingerprint density at radius 1 is 1.09 bits per heavy atom. The number of nitrogens with zero attached hydrogens (tertiary/aromatic N) is 5. The Labute approximate surface area is 185 Å². The van der Waals surface area contributed by atoms with Crippen molar-refractivity contribution >= 4 is 35.4 Å². The average Bonchev–Trinajstić information content (AvgIpc) is 3.34. The number of anilines is 2. The number of nitrogens with one attached hydrogen (secondary N) is 3. The van der Waals surface area contributed by atoms with Gasteiger partial charge in [-0.1, -0.05) is 24.3 Å². The van der Waals surface area contributed by atoms with Gasteiger partial charge in [-0.15, -0.1) is 0 Å². The van der Waals surface area contributed by atoms with E-state index in [1.807, 2.05) is 74.6 Å². The summed E-state index contributed by atoms with van der Waals surface area (Å²) in [6.45, 7) is 0.375. The second-order valence-corrected chi connectivity index (χ2v) is 7.95. The molecule has 3 heterocycles. The minimum atomic E-state index is -1.04. The van der Waals surface area contributed by atoms with E-state index in [0.29, 0.717) is 23.9 Å². The van der Waals surface area contributed by atoms with E-state index in [1.165, 1.54) is 6.34 Å². The molecule has 32 heavy (non-hydrogen) atoms. The fraction of sp³-hybridized carbons (Fsp3) is 0.217. The highest BCUT2D eigenvalue weighted by Crippen LogP contribution is 2.41. The maximum absolute atomic E-state index is 13.3. The van der Waals surface area contributed by atoms with Crippen molar-refractivity contribution in [2.45, 2.75) is 12.1 Å². The SMILES string of the molecule is CNc1ccc(CN2C(=O)NC3(c4ccc(N(C)C)cc4)C2=NC=Nc2[nH]cnc23)cc1. The number of aliphatic imine (C=N–C) groups is 2. The third kappa shape index (κ3) is 3.01. The molecular weight excluding hydrogens is 404 g/mol. The van der Waals surface area contributed by atoms with Crippen molar-refractivity contribution in [2.75, 3.05) is 31.4 Å². The molecule has 1 fully saturated rings. The van der Waals surface area contributed by atoms with Crippen LogP contribution in [0.1, 0.15) is 16.8 Å². The van der Waals surface area contributed by atoms with Crippen molar-refractivity contribution in [1.29, 1.82) is 0 Å². The summed E-state index contributed by atoms with van der Waals surface area (Å²) in [5.74, 6) is 1.12. The van der Waals surface area contributed by atoms with Crippen molar-refractivity contribution in [3.63, 3.8) is 0 Å². The number of benzene rings is 2. The Morgan fingerprint density at radius 3 is 2.53 bits per heavy atom. The molecule has 2 aromatic carbocycles. The first-order valence-corrected chi connectivity index (χ1v) is 10.3. The predicted octanol–water partition coefficient (Wildman–Crippen LogP) is 3.06. The Kier molecular flexibility index (Phi) is 4.66. The van der Waals surface area contributed by atoms with Crippen LogP contribution in [0.3, 0.4) is 0 Å². The first-order chi connectivity index (χ1) is 15.5. The van der Waals surface area contributed by atoms with Crippen LogP contribution in [0.15, 0.2) is 64.8 Å².